The normalized spacial score (nSPS) is 11.3. The highest BCUT2D eigenvalue weighted by atomic mass is 16.5. The molecule has 1 aromatic heterocycles. The Morgan fingerprint density at radius 1 is 1.40 bits per heavy atom. The summed E-state index contributed by atoms with van der Waals surface area (Å²) in [7, 11) is 1.27. The van der Waals surface area contributed by atoms with Crippen LogP contribution in [0, 0.1) is 0 Å². The van der Waals surface area contributed by atoms with Crippen molar-refractivity contribution in [1.82, 2.24) is 10.3 Å². The highest BCUT2D eigenvalue weighted by molar-refractivity contribution is 5.83. The van der Waals surface area contributed by atoms with Gasteiger partial charge in [0.2, 0.25) is 11.8 Å². The topological polar surface area (TPSA) is 89.6 Å². The molecule has 0 aliphatic carbocycles. The number of methoxy groups -OCH3 is 1. The van der Waals surface area contributed by atoms with Crippen LogP contribution in [0.1, 0.15) is 13.8 Å². The number of ether oxygens (including phenoxy) is 2. The predicted octanol–water partition coefficient (Wildman–Crippen LogP) is 0.570. The number of anilines is 1. The molecular weight excluding hydrogens is 262 g/mol. The van der Waals surface area contributed by atoms with E-state index in [4.69, 9.17) is 4.74 Å². The van der Waals surface area contributed by atoms with Gasteiger partial charge in [0, 0.05) is 19.5 Å². The maximum atomic E-state index is 11.5. The van der Waals surface area contributed by atoms with Crippen molar-refractivity contribution in [3.63, 3.8) is 0 Å². The summed E-state index contributed by atoms with van der Waals surface area (Å²) in [5, 5.41) is 5.51. The van der Waals surface area contributed by atoms with Crippen molar-refractivity contribution in [3.8, 4) is 5.88 Å². The van der Waals surface area contributed by atoms with Crippen LogP contribution in [0.4, 0.5) is 5.69 Å². The van der Waals surface area contributed by atoms with E-state index in [1.807, 2.05) is 6.92 Å². The lowest BCUT2D eigenvalue weighted by Gasteiger charge is -2.16. The fourth-order valence-corrected chi connectivity index (χ4v) is 1.52. The number of esters is 1. The van der Waals surface area contributed by atoms with Crippen molar-refractivity contribution < 1.29 is 19.1 Å². The minimum absolute atomic E-state index is 0.210. The van der Waals surface area contributed by atoms with Gasteiger partial charge in [0.1, 0.15) is 6.04 Å². The van der Waals surface area contributed by atoms with Crippen molar-refractivity contribution in [1.29, 1.82) is 0 Å². The van der Waals surface area contributed by atoms with Crippen molar-refractivity contribution in [2.24, 2.45) is 0 Å². The molecule has 0 aliphatic rings. The number of hydrogen-bond donors (Lipinski definition) is 2. The number of rotatable bonds is 7. The Kier molecular flexibility index (Phi) is 6.28. The molecule has 2 N–H and O–H groups in total. The molecule has 0 aromatic carbocycles. The van der Waals surface area contributed by atoms with Crippen LogP contribution in [-0.4, -0.2) is 43.2 Å². The first-order valence-electron chi connectivity index (χ1n) is 6.24. The first kappa shape index (κ1) is 15.7. The number of pyridine rings is 1. The Labute approximate surface area is 117 Å². The van der Waals surface area contributed by atoms with E-state index < -0.39 is 12.0 Å². The van der Waals surface area contributed by atoms with Crippen LogP contribution in [0.15, 0.2) is 18.3 Å². The average molecular weight is 281 g/mol. The van der Waals surface area contributed by atoms with Gasteiger partial charge in [-0.15, -0.1) is 0 Å². The second-order valence-corrected chi connectivity index (χ2v) is 3.98. The van der Waals surface area contributed by atoms with Gasteiger partial charge in [-0.3, -0.25) is 4.79 Å². The summed E-state index contributed by atoms with van der Waals surface area (Å²) in [5.41, 5.74) is 0.715. The Morgan fingerprint density at radius 2 is 2.15 bits per heavy atom. The van der Waals surface area contributed by atoms with Gasteiger partial charge in [-0.05, 0) is 13.0 Å². The molecule has 1 aromatic rings. The van der Waals surface area contributed by atoms with E-state index in [1.165, 1.54) is 14.0 Å². The summed E-state index contributed by atoms with van der Waals surface area (Å²) in [6, 6.07) is 2.75. The van der Waals surface area contributed by atoms with E-state index in [0.29, 0.717) is 18.2 Å². The van der Waals surface area contributed by atoms with E-state index in [0.717, 1.165) is 0 Å². The van der Waals surface area contributed by atoms with Gasteiger partial charge in [0.25, 0.3) is 0 Å². The maximum Gasteiger partial charge on any atom is 0.330 e. The molecule has 20 heavy (non-hydrogen) atoms. The van der Waals surface area contributed by atoms with Crippen LogP contribution in [-0.2, 0) is 14.3 Å². The molecular formula is C13H19N3O4. The Bertz CT molecular complexity index is 447. The highest BCUT2D eigenvalue weighted by Gasteiger charge is 2.19. The quantitative estimate of drug-likeness (QED) is 0.710. The molecule has 0 radical (unpaired) electrons. The molecule has 0 bridgehead atoms. The van der Waals surface area contributed by atoms with E-state index in [1.54, 1.807) is 18.3 Å². The van der Waals surface area contributed by atoms with Crippen LogP contribution >= 0.6 is 0 Å². The fraction of sp³-hybridized carbons (Fsp3) is 0.462. The lowest BCUT2D eigenvalue weighted by atomic mass is 10.2. The predicted molar refractivity (Wildman–Crippen MR) is 73.5 cm³/mol. The van der Waals surface area contributed by atoms with Crippen LogP contribution in [0.2, 0.25) is 0 Å². The summed E-state index contributed by atoms with van der Waals surface area (Å²) < 4.78 is 9.85. The minimum Gasteiger partial charge on any atom is -0.478 e. The molecule has 0 aliphatic heterocycles. The van der Waals surface area contributed by atoms with E-state index >= 15 is 0 Å². The third kappa shape index (κ3) is 5.13. The molecule has 7 heteroatoms. The molecule has 0 fully saturated rings. The molecule has 1 amide bonds. The summed E-state index contributed by atoms with van der Waals surface area (Å²) in [6.45, 7) is 3.98. The number of hydrogen-bond acceptors (Lipinski definition) is 6. The largest absolute Gasteiger partial charge is 0.478 e. The zero-order chi connectivity index (χ0) is 15.0. The Hall–Kier alpha value is -2.31. The van der Waals surface area contributed by atoms with Gasteiger partial charge in [-0.2, -0.15) is 0 Å². The highest BCUT2D eigenvalue weighted by Crippen LogP contribution is 2.11. The lowest BCUT2D eigenvalue weighted by molar-refractivity contribution is -0.144. The fourth-order valence-electron chi connectivity index (χ4n) is 1.52. The maximum absolute atomic E-state index is 11.5. The smallest absolute Gasteiger partial charge is 0.330 e. The molecule has 0 saturated heterocycles. The van der Waals surface area contributed by atoms with Gasteiger partial charge in [-0.25, -0.2) is 9.78 Å². The first-order chi connectivity index (χ1) is 9.56. The van der Waals surface area contributed by atoms with Gasteiger partial charge in [0.15, 0.2) is 0 Å². The lowest BCUT2D eigenvalue weighted by Crippen LogP contribution is -2.45. The van der Waals surface area contributed by atoms with Gasteiger partial charge >= 0.3 is 5.97 Å². The van der Waals surface area contributed by atoms with E-state index in [2.05, 4.69) is 20.4 Å². The molecule has 0 saturated carbocycles. The van der Waals surface area contributed by atoms with Gasteiger partial charge < -0.3 is 20.1 Å². The zero-order valence-electron chi connectivity index (χ0n) is 11.8. The second-order valence-electron chi connectivity index (χ2n) is 3.98. The Balaban J connectivity index is 2.57. The minimum atomic E-state index is -0.746. The number of aromatic nitrogens is 1. The van der Waals surface area contributed by atoms with Crippen molar-refractivity contribution in [2.45, 2.75) is 19.9 Å². The summed E-state index contributed by atoms with van der Waals surface area (Å²) in [4.78, 5) is 26.6. The average Bonchev–Trinajstić information content (AvgIpc) is 2.44. The number of nitrogens with one attached hydrogen (secondary N) is 2. The molecule has 7 nitrogen and oxygen atoms in total. The van der Waals surface area contributed by atoms with Gasteiger partial charge in [-0.1, -0.05) is 0 Å². The first-order valence-corrected chi connectivity index (χ1v) is 6.24. The van der Waals surface area contributed by atoms with Crippen LogP contribution in [0.25, 0.3) is 0 Å². The van der Waals surface area contributed by atoms with Crippen LogP contribution in [0.5, 0.6) is 5.88 Å². The molecule has 1 rings (SSSR count). The molecule has 1 heterocycles. The summed E-state index contributed by atoms with van der Waals surface area (Å²) in [6.07, 6.45) is 1.59. The summed E-state index contributed by atoms with van der Waals surface area (Å²) >= 11 is 0. The number of carbonyl (C=O) groups excluding carboxylic acids is 2. The van der Waals surface area contributed by atoms with Gasteiger partial charge in [0.05, 0.1) is 25.6 Å². The third-order valence-corrected chi connectivity index (χ3v) is 2.40. The van der Waals surface area contributed by atoms with Crippen LogP contribution < -0.4 is 15.4 Å². The van der Waals surface area contributed by atoms with E-state index in [-0.39, 0.29) is 12.5 Å². The van der Waals surface area contributed by atoms with Crippen molar-refractivity contribution in [3.05, 3.63) is 18.3 Å². The molecule has 1 unspecified atom stereocenters. The van der Waals surface area contributed by atoms with Crippen molar-refractivity contribution >= 4 is 17.6 Å². The van der Waals surface area contributed by atoms with Crippen LogP contribution in [0.3, 0.4) is 0 Å². The van der Waals surface area contributed by atoms with Crippen molar-refractivity contribution in [2.75, 3.05) is 25.6 Å². The third-order valence-electron chi connectivity index (χ3n) is 2.40. The Morgan fingerprint density at radius 3 is 2.65 bits per heavy atom. The second kappa shape index (κ2) is 7.98. The summed E-state index contributed by atoms with van der Waals surface area (Å²) in [5.74, 6) is -0.275. The number of nitrogens with zero attached hydrogens (tertiary/aromatic N) is 1. The monoisotopic (exact) mass is 281 g/mol. The SMILES string of the molecule is CCOc1ccc(NCC(NC(C)=O)C(=O)OC)cn1. The number of amides is 1. The number of carbonyl (C=O) groups is 2. The van der Waals surface area contributed by atoms with E-state index in [9.17, 15) is 9.59 Å². The zero-order valence-corrected chi connectivity index (χ0v) is 11.8. The molecule has 0 spiro atoms. The standard InChI is InChI=1S/C13H19N3O4/c1-4-20-12-6-5-10(7-15-12)14-8-11(13(18)19-3)16-9(2)17/h5-7,11,14H,4,8H2,1-3H3,(H,16,17). The molecule has 1 atom stereocenters. The molecule has 110 valence electrons.